The van der Waals surface area contributed by atoms with E-state index in [9.17, 15) is 4.79 Å². The van der Waals surface area contributed by atoms with E-state index in [0.29, 0.717) is 17.8 Å². The van der Waals surface area contributed by atoms with E-state index >= 15 is 0 Å². The largest absolute Gasteiger partial charge is 0.464 e. The number of methoxy groups -OCH3 is 1. The first-order valence-corrected chi connectivity index (χ1v) is 6.55. The van der Waals surface area contributed by atoms with E-state index in [0.717, 1.165) is 6.42 Å². The number of hydrogen-bond donors (Lipinski definition) is 1. The number of nitrogens with two attached hydrogens (primary N) is 1. The van der Waals surface area contributed by atoms with Crippen LogP contribution in [0.4, 0.5) is 5.82 Å². The van der Waals surface area contributed by atoms with Crippen molar-refractivity contribution in [1.82, 2.24) is 9.55 Å². The summed E-state index contributed by atoms with van der Waals surface area (Å²) in [4.78, 5) is 15.6. The van der Waals surface area contributed by atoms with Gasteiger partial charge in [0, 0.05) is 6.04 Å². The van der Waals surface area contributed by atoms with Crippen molar-refractivity contribution < 1.29 is 9.53 Å². The van der Waals surface area contributed by atoms with Crippen LogP contribution < -0.4 is 5.73 Å². The summed E-state index contributed by atoms with van der Waals surface area (Å²) in [5, 5.41) is 0. The van der Waals surface area contributed by atoms with Crippen LogP contribution in [0.2, 0.25) is 0 Å². The fourth-order valence-corrected chi connectivity index (χ4v) is 2.78. The van der Waals surface area contributed by atoms with Crippen LogP contribution in [0.3, 0.4) is 0 Å². The van der Waals surface area contributed by atoms with E-state index in [1.54, 1.807) is 6.33 Å². The summed E-state index contributed by atoms with van der Waals surface area (Å²) in [6.07, 6.45) is 7.74. The fraction of sp³-hybridized carbons (Fsp3) is 0.692. The smallest absolute Gasteiger partial charge is 0.360 e. The molecule has 100 valence electrons. The van der Waals surface area contributed by atoms with E-state index in [1.165, 1.54) is 32.8 Å². The zero-order chi connectivity index (χ0) is 13.1. The molecule has 5 nitrogen and oxygen atoms in total. The van der Waals surface area contributed by atoms with Crippen LogP contribution in [0.1, 0.15) is 55.6 Å². The average molecular weight is 251 g/mol. The van der Waals surface area contributed by atoms with Crippen LogP contribution in [-0.2, 0) is 4.74 Å². The zero-order valence-corrected chi connectivity index (χ0v) is 11.1. The maximum absolute atomic E-state index is 11.5. The Morgan fingerprint density at radius 2 is 2.17 bits per heavy atom. The first-order chi connectivity index (χ1) is 8.65. The Balaban J connectivity index is 2.27. The second-order valence-electron chi connectivity index (χ2n) is 5.06. The molecule has 2 unspecified atom stereocenters. The second-order valence-corrected chi connectivity index (χ2v) is 5.06. The van der Waals surface area contributed by atoms with Gasteiger partial charge in [-0.3, -0.25) is 0 Å². The predicted octanol–water partition coefficient (Wildman–Crippen LogP) is 2.39. The summed E-state index contributed by atoms with van der Waals surface area (Å²) >= 11 is 0. The monoisotopic (exact) mass is 251 g/mol. The van der Waals surface area contributed by atoms with Gasteiger partial charge >= 0.3 is 5.97 Å². The molecule has 0 spiro atoms. The Bertz CT molecular complexity index is 428. The molecule has 2 rings (SSSR count). The number of carbonyl (C=O) groups excluding carboxylic acids is 1. The number of esters is 1. The molecule has 0 amide bonds. The number of rotatable bonds is 2. The van der Waals surface area contributed by atoms with Crippen molar-refractivity contribution in [2.75, 3.05) is 12.8 Å². The lowest BCUT2D eigenvalue weighted by molar-refractivity contribution is 0.0596. The van der Waals surface area contributed by atoms with Crippen LogP contribution in [0.5, 0.6) is 0 Å². The molecule has 1 fully saturated rings. The standard InChI is InChI=1S/C13H21N3O2/c1-9-6-4-3-5-7-10(9)16-8-15-11(12(16)14)13(17)18-2/h8-10H,3-7,14H2,1-2H3. The van der Waals surface area contributed by atoms with E-state index in [-0.39, 0.29) is 5.69 Å². The molecule has 0 saturated heterocycles. The molecular formula is C13H21N3O2. The number of nitrogen functional groups attached to an aromatic ring is 1. The molecule has 1 aromatic rings. The molecule has 1 aliphatic carbocycles. The summed E-state index contributed by atoms with van der Waals surface area (Å²) < 4.78 is 6.62. The van der Waals surface area contributed by atoms with Crippen LogP contribution in [-0.4, -0.2) is 22.6 Å². The quantitative estimate of drug-likeness (QED) is 0.647. The third kappa shape index (κ3) is 2.35. The molecule has 2 N–H and O–H groups in total. The van der Waals surface area contributed by atoms with Gasteiger partial charge in [0.05, 0.1) is 13.4 Å². The molecule has 18 heavy (non-hydrogen) atoms. The number of carbonyl (C=O) groups is 1. The summed E-state index contributed by atoms with van der Waals surface area (Å²) in [6.45, 7) is 2.24. The van der Waals surface area contributed by atoms with Gasteiger partial charge in [-0.15, -0.1) is 0 Å². The van der Waals surface area contributed by atoms with Crippen molar-refractivity contribution >= 4 is 11.8 Å². The van der Waals surface area contributed by atoms with Gasteiger partial charge < -0.3 is 15.0 Å². The van der Waals surface area contributed by atoms with Crippen LogP contribution >= 0.6 is 0 Å². The predicted molar refractivity (Wildman–Crippen MR) is 69.3 cm³/mol. The first-order valence-electron chi connectivity index (χ1n) is 6.55. The number of hydrogen-bond acceptors (Lipinski definition) is 4. The lowest BCUT2D eigenvalue weighted by Gasteiger charge is -2.23. The summed E-state index contributed by atoms with van der Waals surface area (Å²) in [5.74, 6) is 0.530. The van der Waals surface area contributed by atoms with Crippen molar-refractivity contribution in [1.29, 1.82) is 0 Å². The molecule has 1 aliphatic rings. The highest BCUT2D eigenvalue weighted by Gasteiger charge is 2.25. The summed E-state index contributed by atoms with van der Waals surface area (Å²) in [5.41, 5.74) is 6.25. The summed E-state index contributed by atoms with van der Waals surface area (Å²) in [6, 6.07) is 0.346. The molecule has 1 heterocycles. The minimum absolute atomic E-state index is 0.231. The Labute approximate surface area is 107 Å². The van der Waals surface area contributed by atoms with Crippen molar-refractivity contribution in [3.05, 3.63) is 12.0 Å². The lowest BCUT2D eigenvalue weighted by atomic mass is 9.97. The van der Waals surface area contributed by atoms with Crippen molar-refractivity contribution in [3.63, 3.8) is 0 Å². The number of aromatic nitrogens is 2. The highest BCUT2D eigenvalue weighted by Crippen LogP contribution is 2.34. The first kappa shape index (κ1) is 12.9. The van der Waals surface area contributed by atoms with Gasteiger partial charge in [-0.25, -0.2) is 9.78 Å². The number of nitrogens with zero attached hydrogens (tertiary/aromatic N) is 2. The summed E-state index contributed by atoms with van der Waals surface area (Å²) in [7, 11) is 1.34. The maximum atomic E-state index is 11.5. The minimum Gasteiger partial charge on any atom is -0.464 e. The van der Waals surface area contributed by atoms with E-state index in [1.807, 2.05) is 4.57 Å². The van der Waals surface area contributed by atoms with Crippen LogP contribution in [0.25, 0.3) is 0 Å². The third-order valence-corrected chi connectivity index (χ3v) is 3.88. The molecule has 1 aromatic heterocycles. The van der Waals surface area contributed by atoms with E-state index < -0.39 is 5.97 Å². The van der Waals surface area contributed by atoms with Gasteiger partial charge in [-0.1, -0.05) is 26.2 Å². The van der Waals surface area contributed by atoms with Crippen molar-refractivity contribution in [2.45, 2.75) is 45.1 Å². The van der Waals surface area contributed by atoms with Gasteiger partial charge in [0.1, 0.15) is 5.82 Å². The highest BCUT2D eigenvalue weighted by atomic mass is 16.5. The zero-order valence-electron chi connectivity index (χ0n) is 11.1. The third-order valence-electron chi connectivity index (χ3n) is 3.88. The average Bonchev–Trinajstić information content (AvgIpc) is 2.61. The topological polar surface area (TPSA) is 70.1 Å². The van der Waals surface area contributed by atoms with Gasteiger partial charge in [-0.2, -0.15) is 0 Å². The second kappa shape index (κ2) is 5.42. The van der Waals surface area contributed by atoms with Crippen LogP contribution in [0, 0.1) is 5.92 Å². The van der Waals surface area contributed by atoms with Gasteiger partial charge in [-0.05, 0) is 18.8 Å². The molecule has 0 aliphatic heterocycles. The molecule has 0 radical (unpaired) electrons. The molecule has 5 heteroatoms. The Morgan fingerprint density at radius 3 is 2.89 bits per heavy atom. The highest BCUT2D eigenvalue weighted by molar-refractivity contribution is 5.92. The number of anilines is 1. The lowest BCUT2D eigenvalue weighted by Crippen LogP contribution is -2.18. The Morgan fingerprint density at radius 1 is 1.44 bits per heavy atom. The number of imidazole rings is 1. The maximum Gasteiger partial charge on any atom is 0.360 e. The SMILES string of the molecule is COC(=O)c1ncn(C2CCCCCC2C)c1N. The Kier molecular flexibility index (Phi) is 3.89. The minimum atomic E-state index is -0.465. The van der Waals surface area contributed by atoms with Gasteiger partial charge in [0.15, 0.2) is 5.69 Å². The van der Waals surface area contributed by atoms with E-state index in [4.69, 9.17) is 5.73 Å². The molecular weight excluding hydrogens is 230 g/mol. The molecule has 0 bridgehead atoms. The van der Waals surface area contributed by atoms with Gasteiger partial charge in [0.25, 0.3) is 0 Å². The van der Waals surface area contributed by atoms with E-state index in [2.05, 4.69) is 16.6 Å². The molecule has 1 saturated carbocycles. The van der Waals surface area contributed by atoms with Crippen molar-refractivity contribution in [3.8, 4) is 0 Å². The normalized spacial score (nSPS) is 24.6. The molecule has 2 atom stereocenters. The number of ether oxygens (including phenoxy) is 1. The molecule has 0 aromatic carbocycles. The van der Waals surface area contributed by atoms with Crippen molar-refractivity contribution in [2.24, 2.45) is 5.92 Å². The van der Waals surface area contributed by atoms with Gasteiger partial charge in [0.2, 0.25) is 0 Å². The fourth-order valence-electron chi connectivity index (χ4n) is 2.78. The Hall–Kier alpha value is -1.52. The van der Waals surface area contributed by atoms with Crippen LogP contribution in [0.15, 0.2) is 6.33 Å².